The lowest BCUT2D eigenvalue weighted by molar-refractivity contribution is 0.313. The van der Waals surface area contributed by atoms with E-state index < -0.39 is 0 Å². The minimum absolute atomic E-state index is 0. The van der Waals surface area contributed by atoms with Crippen LogP contribution in [0.3, 0.4) is 0 Å². The van der Waals surface area contributed by atoms with Gasteiger partial charge in [-0.25, -0.2) is 0 Å². The van der Waals surface area contributed by atoms with Crippen molar-refractivity contribution < 1.29 is 4.74 Å². The molecule has 0 aromatic heterocycles. The molecule has 114 valence electrons. The van der Waals surface area contributed by atoms with Crippen molar-refractivity contribution in [2.45, 2.75) is 26.3 Å². The normalized spacial score (nSPS) is 17.8. The number of benzene rings is 1. The summed E-state index contributed by atoms with van der Waals surface area (Å²) < 4.78 is 5.75. The Morgan fingerprint density at radius 3 is 3.00 bits per heavy atom. The lowest BCUT2D eigenvalue weighted by Gasteiger charge is -2.14. The molecule has 1 aliphatic heterocycles. The molecular formula is C15H24Cl2N2O. The minimum atomic E-state index is 0. The molecule has 1 atom stereocenters. The molecule has 0 bridgehead atoms. The third kappa shape index (κ3) is 5.49. The van der Waals surface area contributed by atoms with Gasteiger partial charge in [0.05, 0.1) is 6.61 Å². The fourth-order valence-corrected chi connectivity index (χ4v) is 2.53. The zero-order valence-corrected chi connectivity index (χ0v) is 13.5. The number of ether oxygens (including phenoxy) is 1. The summed E-state index contributed by atoms with van der Waals surface area (Å²) in [6, 6.07) is 5.84. The molecule has 0 spiro atoms. The molecular weight excluding hydrogens is 295 g/mol. The third-order valence-electron chi connectivity index (χ3n) is 3.40. The molecule has 1 saturated heterocycles. The van der Waals surface area contributed by atoms with E-state index in [1.165, 1.54) is 6.42 Å². The molecule has 1 aromatic carbocycles. The van der Waals surface area contributed by atoms with Crippen molar-refractivity contribution in [3.63, 3.8) is 0 Å². The van der Waals surface area contributed by atoms with Crippen molar-refractivity contribution in [3.05, 3.63) is 28.8 Å². The van der Waals surface area contributed by atoms with E-state index in [-0.39, 0.29) is 12.4 Å². The van der Waals surface area contributed by atoms with Gasteiger partial charge in [0.1, 0.15) is 5.75 Å². The molecule has 0 amide bonds. The Morgan fingerprint density at radius 1 is 1.45 bits per heavy atom. The molecule has 1 fully saturated rings. The molecule has 0 radical (unpaired) electrons. The SMILES string of the molecule is CCCOc1ccc(Cl)cc1CNC[C@@H]1CCNC1.Cl. The first-order valence-electron chi connectivity index (χ1n) is 7.12. The Kier molecular flexibility index (Phi) is 8.31. The highest BCUT2D eigenvalue weighted by molar-refractivity contribution is 6.30. The van der Waals surface area contributed by atoms with Gasteiger partial charge in [0.2, 0.25) is 0 Å². The molecule has 20 heavy (non-hydrogen) atoms. The average Bonchev–Trinajstić information content (AvgIpc) is 2.91. The second-order valence-electron chi connectivity index (χ2n) is 5.09. The summed E-state index contributed by atoms with van der Waals surface area (Å²) in [5.74, 6) is 1.70. The number of nitrogens with one attached hydrogen (secondary N) is 2. The Balaban J connectivity index is 0.00000200. The van der Waals surface area contributed by atoms with Crippen LogP contribution in [0.15, 0.2) is 18.2 Å². The molecule has 1 aliphatic rings. The van der Waals surface area contributed by atoms with Crippen LogP contribution >= 0.6 is 24.0 Å². The average molecular weight is 319 g/mol. The molecule has 0 aliphatic carbocycles. The zero-order valence-electron chi connectivity index (χ0n) is 12.0. The molecule has 0 unspecified atom stereocenters. The van der Waals surface area contributed by atoms with Crippen LogP contribution in [0.5, 0.6) is 5.75 Å². The Bertz CT molecular complexity index is 395. The first-order chi connectivity index (χ1) is 9.29. The van der Waals surface area contributed by atoms with Gasteiger partial charge in [-0.1, -0.05) is 18.5 Å². The smallest absolute Gasteiger partial charge is 0.123 e. The van der Waals surface area contributed by atoms with Crippen molar-refractivity contribution in [1.29, 1.82) is 0 Å². The molecule has 3 nitrogen and oxygen atoms in total. The maximum absolute atomic E-state index is 6.06. The van der Waals surface area contributed by atoms with Crippen LogP contribution in [0.25, 0.3) is 0 Å². The van der Waals surface area contributed by atoms with Crippen LogP contribution in [0.2, 0.25) is 5.02 Å². The molecule has 2 N–H and O–H groups in total. The molecule has 5 heteroatoms. The fraction of sp³-hybridized carbons (Fsp3) is 0.600. The first kappa shape index (κ1) is 17.6. The predicted molar refractivity (Wildman–Crippen MR) is 87.2 cm³/mol. The largest absolute Gasteiger partial charge is 0.493 e. The Morgan fingerprint density at radius 2 is 2.30 bits per heavy atom. The Hall–Kier alpha value is -0.480. The van der Waals surface area contributed by atoms with Crippen LogP contribution in [0.1, 0.15) is 25.3 Å². The quantitative estimate of drug-likeness (QED) is 0.809. The topological polar surface area (TPSA) is 33.3 Å². The van der Waals surface area contributed by atoms with Crippen LogP contribution < -0.4 is 15.4 Å². The summed E-state index contributed by atoms with van der Waals surface area (Å²) in [5.41, 5.74) is 1.15. The molecule has 2 rings (SSSR count). The highest BCUT2D eigenvalue weighted by atomic mass is 35.5. The third-order valence-corrected chi connectivity index (χ3v) is 3.63. The van der Waals surface area contributed by atoms with Gasteiger partial charge in [-0.05, 0) is 56.6 Å². The van der Waals surface area contributed by atoms with Gasteiger partial charge in [-0.15, -0.1) is 12.4 Å². The van der Waals surface area contributed by atoms with Gasteiger partial charge >= 0.3 is 0 Å². The first-order valence-corrected chi connectivity index (χ1v) is 7.50. The van der Waals surface area contributed by atoms with Gasteiger partial charge in [-0.2, -0.15) is 0 Å². The molecule has 0 saturated carbocycles. The monoisotopic (exact) mass is 318 g/mol. The minimum Gasteiger partial charge on any atom is -0.493 e. The number of hydrogen-bond donors (Lipinski definition) is 2. The van der Waals surface area contributed by atoms with E-state index in [1.807, 2.05) is 18.2 Å². The van der Waals surface area contributed by atoms with E-state index in [4.69, 9.17) is 16.3 Å². The predicted octanol–water partition coefficient (Wildman–Crippen LogP) is 3.25. The summed E-state index contributed by atoms with van der Waals surface area (Å²) in [4.78, 5) is 0. The Labute approximate surface area is 132 Å². The van der Waals surface area contributed by atoms with Gasteiger partial charge < -0.3 is 15.4 Å². The van der Waals surface area contributed by atoms with E-state index in [0.29, 0.717) is 0 Å². The van der Waals surface area contributed by atoms with E-state index in [0.717, 1.165) is 61.5 Å². The number of hydrogen-bond acceptors (Lipinski definition) is 3. The summed E-state index contributed by atoms with van der Waals surface area (Å²) in [6.45, 7) is 7.00. The maximum atomic E-state index is 6.06. The van der Waals surface area contributed by atoms with Gasteiger partial charge in [-0.3, -0.25) is 0 Å². The lowest BCUT2D eigenvalue weighted by Crippen LogP contribution is -2.24. The van der Waals surface area contributed by atoms with E-state index in [1.54, 1.807) is 0 Å². The standard InChI is InChI=1S/C15H23ClN2O.ClH/c1-2-7-19-15-4-3-14(16)8-13(15)11-18-10-12-5-6-17-9-12;/h3-4,8,12,17-18H,2,5-7,9-11H2,1H3;1H/t12-;/m1./s1. The summed E-state index contributed by atoms with van der Waals surface area (Å²) in [5, 5.41) is 7.66. The lowest BCUT2D eigenvalue weighted by atomic mass is 10.1. The van der Waals surface area contributed by atoms with E-state index >= 15 is 0 Å². The van der Waals surface area contributed by atoms with Crippen LogP contribution in [-0.2, 0) is 6.54 Å². The van der Waals surface area contributed by atoms with Crippen LogP contribution in [0, 0.1) is 5.92 Å². The van der Waals surface area contributed by atoms with Crippen LogP contribution in [-0.4, -0.2) is 26.2 Å². The van der Waals surface area contributed by atoms with Gasteiger partial charge in [0, 0.05) is 17.1 Å². The highest BCUT2D eigenvalue weighted by Crippen LogP contribution is 2.23. The zero-order chi connectivity index (χ0) is 13.5. The van der Waals surface area contributed by atoms with Gasteiger partial charge in [0.25, 0.3) is 0 Å². The van der Waals surface area contributed by atoms with Gasteiger partial charge in [0.15, 0.2) is 0 Å². The van der Waals surface area contributed by atoms with E-state index in [2.05, 4.69) is 17.6 Å². The maximum Gasteiger partial charge on any atom is 0.123 e. The summed E-state index contributed by atoms with van der Waals surface area (Å²) in [6.07, 6.45) is 2.28. The van der Waals surface area contributed by atoms with Crippen LogP contribution in [0.4, 0.5) is 0 Å². The summed E-state index contributed by atoms with van der Waals surface area (Å²) in [7, 11) is 0. The second-order valence-corrected chi connectivity index (χ2v) is 5.53. The van der Waals surface area contributed by atoms with Crippen molar-refractivity contribution in [3.8, 4) is 5.75 Å². The molecule has 1 aromatic rings. The van der Waals surface area contributed by atoms with Crippen molar-refractivity contribution >= 4 is 24.0 Å². The second kappa shape index (κ2) is 9.46. The molecule has 1 heterocycles. The number of halogens is 2. The van der Waals surface area contributed by atoms with E-state index in [9.17, 15) is 0 Å². The van der Waals surface area contributed by atoms with Crippen molar-refractivity contribution in [2.24, 2.45) is 5.92 Å². The fourth-order valence-electron chi connectivity index (χ4n) is 2.34. The van der Waals surface area contributed by atoms with Crippen molar-refractivity contribution in [2.75, 3.05) is 26.2 Å². The van der Waals surface area contributed by atoms with Crippen molar-refractivity contribution in [1.82, 2.24) is 10.6 Å². The summed E-state index contributed by atoms with van der Waals surface area (Å²) >= 11 is 6.06. The number of rotatable bonds is 7. The highest BCUT2D eigenvalue weighted by Gasteiger charge is 2.14.